The van der Waals surface area contributed by atoms with Gasteiger partial charge in [-0.25, -0.2) is 8.42 Å². The minimum absolute atomic E-state index is 0.121. The van der Waals surface area contributed by atoms with Crippen LogP contribution in [0.5, 0.6) is 0 Å². The molecule has 1 fully saturated rings. The van der Waals surface area contributed by atoms with Crippen molar-refractivity contribution in [2.24, 2.45) is 0 Å². The quantitative estimate of drug-likeness (QED) is 0.660. The number of rotatable bonds is 8. The maximum absolute atomic E-state index is 12.8. The van der Waals surface area contributed by atoms with Crippen LogP contribution in [0.3, 0.4) is 0 Å². The molecule has 8 heteroatoms. The second kappa shape index (κ2) is 10.7. The van der Waals surface area contributed by atoms with E-state index in [1.807, 2.05) is 44.2 Å². The van der Waals surface area contributed by atoms with Crippen LogP contribution in [0.2, 0.25) is 0 Å². The number of nitrogens with zero attached hydrogens (tertiary/aromatic N) is 2. The molecule has 0 radical (unpaired) electrons. The Bertz CT molecular complexity index is 1010. The predicted molar refractivity (Wildman–Crippen MR) is 124 cm³/mol. The van der Waals surface area contributed by atoms with Crippen LogP contribution in [0.4, 0.5) is 0 Å². The molecule has 0 aliphatic carbocycles. The van der Waals surface area contributed by atoms with Crippen LogP contribution in [-0.2, 0) is 19.6 Å². The van der Waals surface area contributed by atoms with Crippen LogP contribution in [0.15, 0.2) is 59.5 Å². The van der Waals surface area contributed by atoms with Crippen molar-refractivity contribution < 1.29 is 18.0 Å². The van der Waals surface area contributed by atoms with E-state index < -0.39 is 10.0 Å². The molecule has 0 bridgehead atoms. The normalized spacial score (nSPS) is 15.9. The molecule has 1 aliphatic heterocycles. The summed E-state index contributed by atoms with van der Waals surface area (Å²) < 4.78 is 27.0. The zero-order valence-electron chi connectivity index (χ0n) is 18.7. The second-order valence-corrected chi connectivity index (χ2v) is 10.2. The topological polar surface area (TPSA) is 86.8 Å². The van der Waals surface area contributed by atoms with Crippen LogP contribution in [0.1, 0.15) is 36.8 Å². The summed E-state index contributed by atoms with van der Waals surface area (Å²) in [6.07, 6.45) is 0.248. The third kappa shape index (κ3) is 6.17. The fraction of sp³-hybridized carbons (Fsp3) is 0.417. The van der Waals surface area contributed by atoms with Gasteiger partial charge >= 0.3 is 0 Å². The highest BCUT2D eigenvalue weighted by Crippen LogP contribution is 2.19. The average Bonchev–Trinajstić information content (AvgIpc) is 2.82. The number of carbonyl (C=O) groups is 2. The third-order valence-electron chi connectivity index (χ3n) is 5.79. The van der Waals surface area contributed by atoms with E-state index in [-0.39, 0.29) is 48.6 Å². The van der Waals surface area contributed by atoms with Crippen LogP contribution in [0.25, 0.3) is 0 Å². The van der Waals surface area contributed by atoms with Gasteiger partial charge in [0.1, 0.15) is 0 Å². The Morgan fingerprint density at radius 2 is 1.56 bits per heavy atom. The molecule has 1 N–H and O–H groups in total. The van der Waals surface area contributed by atoms with E-state index in [2.05, 4.69) is 5.32 Å². The minimum Gasteiger partial charge on any atom is -0.355 e. The first-order chi connectivity index (χ1) is 15.3. The molecule has 172 valence electrons. The highest BCUT2D eigenvalue weighted by atomic mass is 32.2. The van der Waals surface area contributed by atoms with Crippen molar-refractivity contribution in [3.8, 4) is 0 Å². The molecule has 32 heavy (non-hydrogen) atoms. The van der Waals surface area contributed by atoms with E-state index in [9.17, 15) is 18.0 Å². The minimum atomic E-state index is -3.56. The summed E-state index contributed by atoms with van der Waals surface area (Å²) in [5, 5.41) is 2.89. The van der Waals surface area contributed by atoms with E-state index in [1.165, 1.54) is 4.31 Å². The zero-order chi connectivity index (χ0) is 23.1. The van der Waals surface area contributed by atoms with Crippen molar-refractivity contribution in [2.45, 2.75) is 37.5 Å². The lowest BCUT2D eigenvalue weighted by Gasteiger charge is -2.34. The zero-order valence-corrected chi connectivity index (χ0v) is 19.5. The van der Waals surface area contributed by atoms with Gasteiger partial charge in [-0.15, -0.1) is 0 Å². The van der Waals surface area contributed by atoms with Crippen molar-refractivity contribution in [1.29, 1.82) is 0 Å². The van der Waals surface area contributed by atoms with Gasteiger partial charge in [-0.2, -0.15) is 4.31 Å². The number of aryl methyl sites for hydroxylation is 1. The summed E-state index contributed by atoms with van der Waals surface area (Å²) in [7, 11) is -3.56. The molecular weight excluding hydrogens is 426 g/mol. The Balaban J connectivity index is 1.41. The maximum atomic E-state index is 12.8. The van der Waals surface area contributed by atoms with Crippen LogP contribution in [0, 0.1) is 6.92 Å². The Labute approximate surface area is 190 Å². The van der Waals surface area contributed by atoms with E-state index in [0.29, 0.717) is 19.6 Å². The summed E-state index contributed by atoms with van der Waals surface area (Å²) in [6.45, 7) is 5.64. The van der Waals surface area contributed by atoms with Gasteiger partial charge in [0.05, 0.1) is 4.90 Å². The lowest BCUT2D eigenvalue weighted by Crippen LogP contribution is -2.50. The van der Waals surface area contributed by atoms with Crippen molar-refractivity contribution >= 4 is 21.8 Å². The summed E-state index contributed by atoms with van der Waals surface area (Å²) in [5.74, 6) is -0.0789. The number of hydrogen-bond donors (Lipinski definition) is 1. The third-order valence-corrected chi connectivity index (χ3v) is 7.70. The standard InChI is InChI=1S/C24H31N3O4S/c1-19-8-10-22(11-9-19)32(30,31)27-16-14-26(15-17-27)24(29)13-12-23(28)25-18-20(2)21-6-4-3-5-7-21/h3-11,20H,12-18H2,1-2H3,(H,25,28)/t20-/m1/s1. The lowest BCUT2D eigenvalue weighted by molar-refractivity contribution is -0.134. The summed E-state index contributed by atoms with van der Waals surface area (Å²) in [4.78, 5) is 26.6. The number of carbonyl (C=O) groups excluding carboxylic acids is 2. The number of piperazine rings is 1. The molecule has 0 aromatic heterocycles. The fourth-order valence-corrected chi connectivity index (χ4v) is 5.09. The van der Waals surface area contributed by atoms with Gasteiger partial charge in [-0.3, -0.25) is 9.59 Å². The Hall–Kier alpha value is -2.71. The van der Waals surface area contributed by atoms with E-state index in [4.69, 9.17) is 0 Å². The molecule has 1 aliphatic rings. The Morgan fingerprint density at radius 1 is 0.938 bits per heavy atom. The highest BCUT2D eigenvalue weighted by Gasteiger charge is 2.30. The molecule has 0 saturated carbocycles. The predicted octanol–water partition coefficient (Wildman–Crippen LogP) is 2.53. The Morgan fingerprint density at radius 3 is 2.19 bits per heavy atom. The molecule has 0 spiro atoms. The van der Waals surface area contributed by atoms with E-state index in [1.54, 1.807) is 29.2 Å². The number of benzene rings is 2. The molecule has 2 aromatic carbocycles. The molecule has 7 nitrogen and oxygen atoms in total. The molecular formula is C24H31N3O4S. The van der Waals surface area contributed by atoms with Gasteiger partial charge in [0.25, 0.3) is 0 Å². The molecule has 1 atom stereocenters. The smallest absolute Gasteiger partial charge is 0.243 e. The summed E-state index contributed by atoms with van der Waals surface area (Å²) in [5.41, 5.74) is 2.15. The van der Waals surface area contributed by atoms with Crippen LogP contribution < -0.4 is 5.32 Å². The van der Waals surface area contributed by atoms with Gasteiger partial charge in [-0.1, -0.05) is 55.0 Å². The molecule has 1 heterocycles. The number of amides is 2. The summed E-state index contributed by atoms with van der Waals surface area (Å²) >= 11 is 0. The number of sulfonamides is 1. The maximum Gasteiger partial charge on any atom is 0.243 e. The number of nitrogens with one attached hydrogen (secondary N) is 1. The molecule has 2 amide bonds. The van der Waals surface area contributed by atoms with Crippen molar-refractivity contribution in [3.63, 3.8) is 0 Å². The molecule has 0 unspecified atom stereocenters. The van der Waals surface area contributed by atoms with Gasteiger partial charge < -0.3 is 10.2 Å². The van der Waals surface area contributed by atoms with Crippen molar-refractivity contribution in [2.75, 3.05) is 32.7 Å². The van der Waals surface area contributed by atoms with Crippen LogP contribution >= 0.6 is 0 Å². The fourth-order valence-electron chi connectivity index (χ4n) is 3.67. The SMILES string of the molecule is Cc1ccc(S(=O)(=O)N2CCN(C(=O)CCC(=O)NC[C@@H](C)c3ccccc3)CC2)cc1. The first-order valence-electron chi connectivity index (χ1n) is 10.9. The monoisotopic (exact) mass is 457 g/mol. The molecule has 1 saturated heterocycles. The lowest BCUT2D eigenvalue weighted by atomic mass is 10.0. The van der Waals surface area contributed by atoms with E-state index >= 15 is 0 Å². The number of hydrogen-bond acceptors (Lipinski definition) is 4. The van der Waals surface area contributed by atoms with Gasteiger partial charge in [-0.05, 0) is 30.5 Å². The Kier molecular flexibility index (Phi) is 8.04. The van der Waals surface area contributed by atoms with Gasteiger partial charge in [0, 0.05) is 45.6 Å². The second-order valence-electron chi connectivity index (χ2n) is 8.21. The molecule has 2 aromatic rings. The van der Waals surface area contributed by atoms with Crippen molar-refractivity contribution in [3.05, 3.63) is 65.7 Å². The highest BCUT2D eigenvalue weighted by molar-refractivity contribution is 7.89. The van der Waals surface area contributed by atoms with Gasteiger partial charge in [0.15, 0.2) is 0 Å². The molecule has 3 rings (SSSR count). The summed E-state index contributed by atoms with van der Waals surface area (Å²) in [6, 6.07) is 16.7. The average molecular weight is 458 g/mol. The largest absolute Gasteiger partial charge is 0.355 e. The van der Waals surface area contributed by atoms with Gasteiger partial charge in [0.2, 0.25) is 21.8 Å². The van der Waals surface area contributed by atoms with Crippen molar-refractivity contribution in [1.82, 2.24) is 14.5 Å². The first-order valence-corrected chi connectivity index (χ1v) is 12.4. The first kappa shape index (κ1) is 23.9. The van der Waals surface area contributed by atoms with E-state index in [0.717, 1.165) is 11.1 Å². The van der Waals surface area contributed by atoms with Crippen LogP contribution in [-0.4, -0.2) is 62.2 Å².